The van der Waals surface area contributed by atoms with Gasteiger partial charge in [-0.1, -0.05) is 25.4 Å². The molecule has 0 aromatic carbocycles. The molecule has 19 heavy (non-hydrogen) atoms. The number of nitrogens with one attached hydrogen (secondary N) is 1. The minimum atomic E-state index is 0.575. The molecule has 0 bridgehead atoms. The third kappa shape index (κ3) is 3.21. The average molecular weight is 282 g/mol. The fourth-order valence-corrected chi connectivity index (χ4v) is 3.06. The Kier molecular flexibility index (Phi) is 5.06. The second-order valence-electron chi connectivity index (χ2n) is 5.31. The van der Waals surface area contributed by atoms with Gasteiger partial charge in [0.15, 0.2) is 0 Å². The van der Waals surface area contributed by atoms with E-state index < -0.39 is 0 Å². The molecule has 1 N–H and O–H groups in total. The van der Waals surface area contributed by atoms with E-state index in [-0.39, 0.29) is 0 Å². The number of hydrogen-bond acceptors (Lipinski definition) is 3. The lowest BCUT2D eigenvalue weighted by molar-refractivity contribution is 0.620. The van der Waals surface area contributed by atoms with Crippen molar-refractivity contribution < 1.29 is 0 Å². The van der Waals surface area contributed by atoms with Crippen molar-refractivity contribution in [3.63, 3.8) is 0 Å². The van der Waals surface area contributed by atoms with Crippen molar-refractivity contribution >= 4 is 17.4 Å². The second kappa shape index (κ2) is 6.58. The molecule has 1 fully saturated rings. The molecule has 3 nitrogen and oxygen atoms in total. The molecule has 2 rings (SSSR count). The number of halogens is 1. The van der Waals surface area contributed by atoms with E-state index in [1.165, 1.54) is 19.3 Å². The highest BCUT2D eigenvalue weighted by molar-refractivity contribution is 6.31. The molecule has 0 amide bonds. The van der Waals surface area contributed by atoms with Crippen LogP contribution in [-0.2, 0) is 6.54 Å². The third-order valence-electron chi connectivity index (χ3n) is 4.01. The molecule has 0 aliphatic carbocycles. The Morgan fingerprint density at radius 3 is 2.89 bits per heavy atom. The summed E-state index contributed by atoms with van der Waals surface area (Å²) >= 11 is 6.22. The Bertz CT molecular complexity index is 422. The van der Waals surface area contributed by atoms with Crippen molar-refractivity contribution in [3.05, 3.63) is 22.8 Å². The predicted octanol–water partition coefficient (Wildman–Crippen LogP) is 3.61. The third-order valence-corrected chi connectivity index (χ3v) is 4.35. The lowest BCUT2D eigenvalue weighted by Crippen LogP contribution is -2.34. The first-order valence-corrected chi connectivity index (χ1v) is 7.68. The van der Waals surface area contributed by atoms with E-state index in [0.717, 1.165) is 29.5 Å². The summed E-state index contributed by atoms with van der Waals surface area (Å²) in [7, 11) is 0. The highest BCUT2D eigenvalue weighted by Gasteiger charge is 2.30. The smallest absolute Gasteiger partial charge is 0.129 e. The van der Waals surface area contributed by atoms with Crippen LogP contribution in [0.3, 0.4) is 0 Å². The van der Waals surface area contributed by atoms with E-state index in [1.54, 1.807) is 6.20 Å². The topological polar surface area (TPSA) is 28.2 Å². The van der Waals surface area contributed by atoms with Gasteiger partial charge in [0.25, 0.3) is 0 Å². The van der Waals surface area contributed by atoms with E-state index in [9.17, 15) is 0 Å². The van der Waals surface area contributed by atoms with Crippen LogP contribution in [0.25, 0.3) is 0 Å². The predicted molar refractivity (Wildman–Crippen MR) is 81.9 cm³/mol. The average Bonchev–Trinajstić information content (AvgIpc) is 2.79. The second-order valence-corrected chi connectivity index (χ2v) is 5.72. The van der Waals surface area contributed by atoms with Crippen LogP contribution in [0, 0.1) is 0 Å². The van der Waals surface area contributed by atoms with E-state index >= 15 is 0 Å². The van der Waals surface area contributed by atoms with Crippen LogP contribution in [0.4, 0.5) is 5.82 Å². The zero-order valence-electron chi connectivity index (χ0n) is 12.1. The standard InChI is InChI=1S/C15H24ClN3/c1-4-13-7-6-11(3)19(13)15-8-12(9-17-5-2)14(16)10-18-15/h8,10-11,13,17H,4-7,9H2,1-3H3. The highest BCUT2D eigenvalue weighted by atomic mass is 35.5. The quantitative estimate of drug-likeness (QED) is 0.894. The summed E-state index contributed by atoms with van der Waals surface area (Å²) in [6.07, 6.45) is 5.49. The van der Waals surface area contributed by atoms with Gasteiger partial charge in [0.1, 0.15) is 5.82 Å². The number of nitrogens with zero attached hydrogens (tertiary/aromatic N) is 2. The molecule has 0 radical (unpaired) electrons. The summed E-state index contributed by atoms with van der Waals surface area (Å²) < 4.78 is 0. The van der Waals surface area contributed by atoms with Crippen LogP contribution >= 0.6 is 11.6 Å². The Balaban J connectivity index is 2.24. The molecule has 1 aliphatic rings. The highest BCUT2D eigenvalue weighted by Crippen LogP contribution is 2.32. The molecule has 4 heteroatoms. The van der Waals surface area contributed by atoms with Gasteiger partial charge in [-0.05, 0) is 44.4 Å². The molecule has 2 atom stereocenters. The van der Waals surface area contributed by atoms with Gasteiger partial charge in [0.2, 0.25) is 0 Å². The summed E-state index contributed by atoms with van der Waals surface area (Å²) in [5, 5.41) is 4.08. The molecule has 2 heterocycles. The normalized spacial score (nSPS) is 23.1. The Hall–Kier alpha value is -0.800. The first-order chi connectivity index (χ1) is 9.17. The summed E-state index contributed by atoms with van der Waals surface area (Å²) in [6.45, 7) is 8.41. The first kappa shape index (κ1) is 14.6. The molecule has 1 aliphatic heterocycles. The maximum Gasteiger partial charge on any atom is 0.129 e. The summed E-state index contributed by atoms with van der Waals surface area (Å²) in [5.41, 5.74) is 1.14. The van der Waals surface area contributed by atoms with Crippen molar-refractivity contribution in [1.82, 2.24) is 10.3 Å². The Morgan fingerprint density at radius 1 is 1.42 bits per heavy atom. The van der Waals surface area contributed by atoms with Crippen LogP contribution in [0.5, 0.6) is 0 Å². The fraction of sp³-hybridized carbons (Fsp3) is 0.667. The van der Waals surface area contributed by atoms with Crippen LogP contribution in [0.2, 0.25) is 5.02 Å². The summed E-state index contributed by atoms with van der Waals surface area (Å²) in [6, 6.07) is 3.34. The molecular weight excluding hydrogens is 258 g/mol. The number of hydrogen-bond donors (Lipinski definition) is 1. The van der Waals surface area contributed by atoms with Crippen molar-refractivity contribution in [2.24, 2.45) is 0 Å². The zero-order chi connectivity index (χ0) is 13.8. The van der Waals surface area contributed by atoms with Gasteiger partial charge in [0, 0.05) is 24.8 Å². The number of aromatic nitrogens is 1. The first-order valence-electron chi connectivity index (χ1n) is 7.30. The van der Waals surface area contributed by atoms with Gasteiger partial charge in [-0.25, -0.2) is 4.98 Å². The molecule has 0 saturated carbocycles. The van der Waals surface area contributed by atoms with Crippen LogP contribution in [0.15, 0.2) is 12.3 Å². The van der Waals surface area contributed by atoms with Crippen molar-refractivity contribution in [2.75, 3.05) is 11.4 Å². The van der Waals surface area contributed by atoms with E-state index in [2.05, 4.69) is 42.0 Å². The summed E-state index contributed by atoms with van der Waals surface area (Å²) in [4.78, 5) is 7.01. The molecule has 1 aromatic rings. The zero-order valence-corrected chi connectivity index (χ0v) is 12.9. The molecule has 106 valence electrons. The van der Waals surface area contributed by atoms with Crippen molar-refractivity contribution in [1.29, 1.82) is 0 Å². The molecule has 2 unspecified atom stereocenters. The van der Waals surface area contributed by atoms with E-state index in [1.807, 2.05) is 0 Å². The minimum absolute atomic E-state index is 0.575. The molecule has 1 aromatic heterocycles. The van der Waals surface area contributed by atoms with Gasteiger partial charge < -0.3 is 10.2 Å². The van der Waals surface area contributed by atoms with Crippen LogP contribution < -0.4 is 10.2 Å². The van der Waals surface area contributed by atoms with Crippen LogP contribution in [0.1, 0.15) is 45.6 Å². The van der Waals surface area contributed by atoms with Crippen LogP contribution in [-0.4, -0.2) is 23.6 Å². The lowest BCUT2D eigenvalue weighted by atomic mass is 10.1. The maximum absolute atomic E-state index is 6.22. The fourth-order valence-electron chi connectivity index (χ4n) is 2.89. The number of rotatable bonds is 5. The Labute approximate surface area is 121 Å². The van der Waals surface area contributed by atoms with Gasteiger partial charge >= 0.3 is 0 Å². The number of pyridine rings is 1. The van der Waals surface area contributed by atoms with Gasteiger partial charge in [-0.3, -0.25) is 0 Å². The monoisotopic (exact) mass is 281 g/mol. The summed E-state index contributed by atoms with van der Waals surface area (Å²) in [5.74, 6) is 1.08. The van der Waals surface area contributed by atoms with Gasteiger partial charge in [0.05, 0.1) is 5.02 Å². The van der Waals surface area contributed by atoms with Gasteiger partial charge in [-0.2, -0.15) is 0 Å². The molecule has 1 saturated heterocycles. The van der Waals surface area contributed by atoms with Crippen molar-refractivity contribution in [3.8, 4) is 0 Å². The Morgan fingerprint density at radius 2 is 2.21 bits per heavy atom. The lowest BCUT2D eigenvalue weighted by Gasteiger charge is -2.29. The largest absolute Gasteiger partial charge is 0.351 e. The van der Waals surface area contributed by atoms with Gasteiger partial charge in [-0.15, -0.1) is 0 Å². The SMILES string of the molecule is CCNCc1cc(N2C(C)CCC2CC)ncc1Cl. The minimum Gasteiger partial charge on any atom is -0.351 e. The maximum atomic E-state index is 6.22. The van der Waals surface area contributed by atoms with E-state index in [4.69, 9.17) is 11.6 Å². The molecule has 0 spiro atoms. The number of anilines is 1. The molecular formula is C15H24ClN3. The van der Waals surface area contributed by atoms with Crippen molar-refractivity contribution in [2.45, 2.75) is 58.7 Å². The van der Waals surface area contributed by atoms with E-state index in [0.29, 0.717) is 12.1 Å².